The fraction of sp³-hybridized carbons (Fsp3) is 0.425. The Morgan fingerprint density at radius 3 is 2.74 bits per heavy atom. The summed E-state index contributed by atoms with van der Waals surface area (Å²) in [6.07, 6.45) is 1.22. The molecule has 0 amide bonds. The van der Waals surface area contributed by atoms with Gasteiger partial charge >= 0.3 is 11.9 Å². The number of piperazine rings is 1. The molecule has 1 aromatic heterocycles. The molecule has 7 atom stereocenters. The van der Waals surface area contributed by atoms with E-state index in [1.807, 2.05) is 38.1 Å². The van der Waals surface area contributed by atoms with Crippen molar-refractivity contribution in [3.05, 3.63) is 75.0 Å². The van der Waals surface area contributed by atoms with E-state index < -0.39 is 46.9 Å². The molecule has 3 aromatic carbocycles. The van der Waals surface area contributed by atoms with Gasteiger partial charge in [-0.25, -0.2) is 4.79 Å². The van der Waals surface area contributed by atoms with Crippen molar-refractivity contribution in [1.82, 2.24) is 20.5 Å². The number of hydrogen-bond acceptors (Lipinski definition) is 13. The van der Waals surface area contributed by atoms with Crippen LogP contribution in [-0.2, 0) is 32.7 Å². The number of benzene rings is 3. The van der Waals surface area contributed by atoms with Crippen molar-refractivity contribution < 1.29 is 38.4 Å². The molecule has 13 nitrogen and oxygen atoms in total. The lowest BCUT2D eigenvalue weighted by Crippen LogP contribution is -2.69. The first-order valence-electron chi connectivity index (χ1n) is 18.3. The summed E-state index contributed by atoms with van der Waals surface area (Å²) in [7, 11) is 1.55. The molecule has 0 saturated carbocycles. The molecular weight excluding hydrogens is 711 g/mol. The predicted molar refractivity (Wildman–Crippen MR) is 197 cm³/mol. The second-order valence-corrected chi connectivity index (χ2v) is 16.1. The van der Waals surface area contributed by atoms with Gasteiger partial charge in [-0.15, -0.1) is 11.8 Å². The number of carbonyl (C=O) groups is 2. The van der Waals surface area contributed by atoms with E-state index in [0.29, 0.717) is 52.7 Å². The van der Waals surface area contributed by atoms with E-state index in [1.54, 1.807) is 7.11 Å². The summed E-state index contributed by atoms with van der Waals surface area (Å²) in [5.41, 5.74) is 6.04. The van der Waals surface area contributed by atoms with Gasteiger partial charge in [0.2, 0.25) is 6.79 Å². The van der Waals surface area contributed by atoms with Gasteiger partial charge in [-0.1, -0.05) is 24.3 Å². The third-order valence-corrected chi connectivity index (χ3v) is 13.8. The van der Waals surface area contributed by atoms with E-state index in [2.05, 4.69) is 32.7 Å². The molecule has 0 aliphatic carbocycles. The number of thioether (sulfide) groups is 1. The average Bonchev–Trinajstić information content (AvgIpc) is 3.80. The number of aromatic hydroxyl groups is 1. The minimum atomic E-state index is -1.24. The molecule has 0 radical (unpaired) electrons. The van der Waals surface area contributed by atoms with E-state index >= 15 is 0 Å². The highest BCUT2D eigenvalue weighted by molar-refractivity contribution is 7.99. The Morgan fingerprint density at radius 2 is 1.94 bits per heavy atom. The van der Waals surface area contributed by atoms with E-state index in [4.69, 9.17) is 23.7 Å². The number of ether oxygens (including phenoxy) is 5. The number of para-hydroxylation sites is 1. The number of esters is 2. The first-order valence-corrected chi connectivity index (χ1v) is 19.3. The number of aromatic amines is 1. The van der Waals surface area contributed by atoms with Crippen molar-refractivity contribution >= 4 is 34.6 Å². The second kappa shape index (κ2) is 12.0. The largest absolute Gasteiger partial charge is 0.504 e. The fourth-order valence-corrected chi connectivity index (χ4v) is 11.9. The number of rotatable bonds is 2. The van der Waals surface area contributed by atoms with Crippen molar-refractivity contribution in [2.75, 3.05) is 32.8 Å². The van der Waals surface area contributed by atoms with Crippen LogP contribution >= 0.6 is 11.8 Å². The third-order valence-electron chi connectivity index (χ3n) is 12.3. The first-order chi connectivity index (χ1) is 26.2. The number of hydrogen-bond donors (Lipinski definition) is 4. The highest BCUT2D eigenvalue weighted by Gasteiger charge is 2.60. The number of aromatic nitrogens is 1. The maximum absolute atomic E-state index is 14.8. The molecule has 7 aliphatic rings. The summed E-state index contributed by atoms with van der Waals surface area (Å²) < 4.78 is 30.6. The zero-order valence-electron chi connectivity index (χ0n) is 30.2. The Balaban J connectivity index is 1.24. The third kappa shape index (κ3) is 4.43. The van der Waals surface area contributed by atoms with Crippen molar-refractivity contribution in [2.45, 2.75) is 74.6 Å². The van der Waals surface area contributed by atoms with Crippen LogP contribution in [0, 0.1) is 25.2 Å². The number of nitrogens with one attached hydrogen (secondary N) is 3. The lowest BCUT2D eigenvalue weighted by atomic mass is 9.72. The number of carbonyl (C=O) groups excluding carboxylic acids is 2. The van der Waals surface area contributed by atoms with E-state index in [-0.39, 0.29) is 30.9 Å². The monoisotopic (exact) mass is 749 g/mol. The maximum Gasteiger partial charge on any atom is 0.333 e. The van der Waals surface area contributed by atoms with Gasteiger partial charge in [-0.2, -0.15) is 5.26 Å². The van der Waals surface area contributed by atoms with Gasteiger partial charge < -0.3 is 39.1 Å². The zero-order chi connectivity index (χ0) is 37.2. The van der Waals surface area contributed by atoms with Gasteiger partial charge in [0.25, 0.3) is 0 Å². The van der Waals surface area contributed by atoms with Crippen LogP contribution in [0.5, 0.6) is 28.7 Å². The quantitative estimate of drug-likeness (QED) is 0.168. The van der Waals surface area contributed by atoms with Crippen molar-refractivity contribution in [2.24, 2.45) is 0 Å². The zero-order valence-corrected chi connectivity index (χ0v) is 31.0. The molecule has 11 rings (SSSR count). The maximum atomic E-state index is 14.8. The SMILES string of the molecule is COc1c(C)cc2c(c1O)[C@@H]1N[C@H](C2)[C@H](C#N)N2C1[C@@H]1SC[C@]3(NCCc4c3[nH]c3ccccc43)C(=O)OC[C@H]2c2c3c(c(C)c(OC(C)=O)c21)OCO3. The normalized spacial score (nSPS) is 29.1. The predicted octanol–water partition coefficient (Wildman–Crippen LogP) is 4.41. The second-order valence-electron chi connectivity index (χ2n) is 15.0. The van der Waals surface area contributed by atoms with Crippen LogP contribution in [0.1, 0.15) is 68.9 Å². The van der Waals surface area contributed by atoms with Crippen molar-refractivity contribution in [3.8, 4) is 34.8 Å². The van der Waals surface area contributed by atoms with E-state index in [9.17, 15) is 20.0 Å². The van der Waals surface area contributed by atoms with Crippen molar-refractivity contribution in [3.63, 3.8) is 0 Å². The molecule has 4 bridgehead atoms. The number of H-pyrrole nitrogens is 1. The van der Waals surface area contributed by atoms with Gasteiger partial charge in [0, 0.05) is 64.5 Å². The van der Waals surface area contributed by atoms with Crippen LogP contribution < -0.4 is 29.6 Å². The summed E-state index contributed by atoms with van der Waals surface area (Å²) in [5, 5.41) is 30.9. The van der Waals surface area contributed by atoms with Gasteiger partial charge in [0.15, 0.2) is 28.5 Å². The highest BCUT2D eigenvalue weighted by atomic mass is 32.2. The lowest BCUT2D eigenvalue weighted by Gasteiger charge is -2.59. The minimum Gasteiger partial charge on any atom is -0.504 e. The summed E-state index contributed by atoms with van der Waals surface area (Å²) in [5.74, 6) is 1.10. The fourth-order valence-electron chi connectivity index (χ4n) is 10.2. The average molecular weight is 750 g/mol. The Kier molecular flexibility index (Phi) is 7.49. The van der Waals surface area contributed by atoms with Crippen LogP contribution in [0.3, 0.4) is 0 Å². The Bertz CT molecular complexity index is 2350. The molecule has 54 heavy (non-hydrogen) atoms. The van der Waals surface area contributed by atoms with E-state index in [1.165, 1.54) is 18.7 Å². The van der Waals surface area contributed by atoms with Crippen LogP contribution in [0.25, 0.3) is 10.9 Å². The number of nitriles is 1. The van der Waals surface area contributed by atoms with Crippen LogP contribution in [0.4, 0.5) is 0 Å². The Labute approximate surface area is 315 Å². The number of methoxy groups -OCH3 is 1. The van der Waals surface area contributed by atoms with Gasteiger partial charge in [0.05, 0.1) is 36.2 Å². The molecule has 7 aliphatic heterocycles. The molecule has 2 fully saturated rings. The summed E-state index contributed by atoms with van der Waals surface area (Å²) >= 11 is 1.54. The number of nitrogens with zero attached hydrogens (tertiary/aromatic N) is 2. The first kappa shape index (κ1) is 33.6. The van der Waals surface area contributed by atoms with Gasteiger partial charge in [-0.3, -0.25) is 15.0 Å². The Hall–Kier alpha value is -4.94. The van der Waals surface area contributed by atoms with E-state index in [0.717, 1.165) is 45.3 Å². The van der Waals surface area contributed by atoms with Gasteiger partial charge in [-0.05, 0) is 49.4 Å². The van der Waals surface area contributed by atoms with Crippen LogP contribution in [0.15, 0.2) is 30.3 Å². The molecule has 1 spiro atoms. The molecule has 278 valence electrons. The molecule has 2 saturated heterocycles. The summed E-state index contributed by atoms with van der Waals surface area (Å²) in [6, 6.07) is 10.1. The summed E-state index contributed by atoms with van der Waals surface area (Å²) in [6.45, 7) is 5.53. The van der Waals surface area contributed by atoms with Crippen molar-refractivity contribution in [1.29, 1.82) is 5.26 Å². The smallest absolute Gasteiger partial charge is 0.333 e. The lowest BCUT2D eigenvalue weighted by molar-refractivity contribution is -0.155. The molecule has 1 unspecified atom stereocenters. The highest BCUT2D eigenvalue weighted by Crippen LogP contribution is 2.63. The molecule has 14 heteroatoms. The van der Waals surface area contributed by atoms with Crippen LogP contribution in [0.2, 0.25) is 0 Å². The van der Waals surface area contributed by atoms with Gasteiger partial charge in [0.1, 0.15) is 18.4 Å². The standard InChI is InChI=1S/C40H39N5O8S/c1-17-11-20-12-24-25(13-41)45-26-14-50-39(48)40(38-22(9-10-42-40)21-7-5-6-8-23(21)44-38)15-54-37(31(45)30(43-24)27(20)32(47)33(17)49-4)29-28(26)36-35(51-16-52-36)18(2)34(29)53-19(3)46/h5-8,11,24-26,30-31,37,42-44,47H,9-10,12,14-16H2,1-4H3/t24-,25+,26+,30+,31?,37-,40-/m1/s1. The van der Waals surface area contributed by atoms with Crippen LogP contribution in [-0.4, -0.2) is 77.9 Å². The Morgan fingerprint density at radius 1 is 1.13 bits per heavy atom. The molecule has 4 aromatic rings. The number of aryl methyl sites for hydroxylation is 1. The molecular formula is C40H39N5O8S. The summed E-state index contributed by atoms with van der Waals surface area (Å²) in [4.78, 5) is 33.4. The number of phenolic OH excluding ortho intramolecular Hbond substituents is 1. The molecule has 8 heterocycles. The minimum absolute atomic E-state index is 0.0368. The molecule has 4 N–H and O–H groups in total. The number of phenols is 1. The number of fused-ring (bicyclic) bond motifs is 11. The topological polar surface area (TPSA) is 167 Å².